The first kappa shape index (κ1) is 21.8. The van der Waals surface area contributed by atoms with Crippen molar-refractivity contribution in [2.24, 2.45) is 0 Å². The lowest BCUT2D eigenvalue weighted by Gasteiger charge is -2.11. The molecule has 8 heteroatoms. The molecule has 0 radical (unpaired) electrons. The van der Waals surface area contributed by atoms with Crippen LogP contribution in [-0.4, -0.2) is 21.6 Å². The third-order valence-electron chi connectivity index (χ3n) is 4.34. The van der Waals surface area contributed by atoms with Crippen molar-refractivity contribution in [3.05, 3.63) is 70.9 Å². The van der Waals surface area contributed by atoms with Crippen molar-refractivity contribution in [1.29, 1.82) is 0 Å². The summed E-state index contributed by atoms with van der Waals surface area (Å²) in [7, 11) is 0. The van der Waals surface area contributed by atoms with E-state index in [9.17, 15) is 18.0 Å². The van der Waals surface area contributed by atoms with Gasteiger partial charge in [-0.2, -0.15) is 13.2 Å². The molecule has 0 saturated carbocycles. The van der Waals surface area contributed by atoms with E-state index in [0.29, 0.717) is 11.3 Å². The summed E-state index contributed by atoms with van der Waals surface area (Å²) in [6, 6.07) is 13.6. The third kappa shape index (κ3) is 5.60. The molecule has 0 atom stereocenters. The number of carbonyl (C=O) groups excluding carboxylic acids is 1. The monoisotopic (exact) mass is 431 g/mol. The van der Waals surface area contributed by atoms with Crippen LogP contribution in [0.25, 0.3) is 11.3 Å². The van der Waals surface area contributed by atoms with E-state index in [1.807, 2.05) is 39.0 Å². The number of halogens is 3. The van der Waals surface area contributed by atoms with Crippen LogP contribution in [0, 0.1) is 20.8 Å². The number of carbonyl (C=O) groups is 1. The van der Waals surface area contributed by atoms with Gasteiger partial charge in [0.1, 0.15) is 5.69 Å². The van der Waals surface area contributed by atoms with Crippen LogP contribution in [0.5, 0.6) is 0 Å². The quantitative estimate of drug-likeness (QED) is 0.409. The summed E-state index contributed by atoms with van der Waals surface area (Å²) in [4.78, 5) is 20.1. The molecule has 0 spiro atoms. The van der Waals surface area contributed by atoms with Gasteiger partial charge in [0, 0.05) is 11.3 Å². The molecule has 2 aromatic carbocycles. The molecule has 0 fully saturated rings. The van der Waals surface area contributed by atoms with E-state index in [1.54, 1.807) is 24.3 Å². The molecule has 0 aliphatic heterocycles. The van der Waals surface area contributed by atoms with Crippen molar-refractivity contribution >= 4 is 23.4 Å². The van der Waals surface area contributed by atoms with Crippen LogP contribution in [0.4, 0.5) is 18.9 Å². The van der Waals surface area contributed by atoms with Crippen LogP contribution < -0.4 is 5.32 Å². The van der Waals surface area contributed by atoms with Crippen molar-refractivity contribution in [2.45, 2.75) is 32.1 Å². The Morgan fingerprint density at radius 2 is 1.63 bits per heavy atom. The second-order valence-corrected chi connectivity index (χ2v) is 7.88. The second kappa shape index (κ2) is 8.87. The minimum absolute atomic E-state index is 0.100. The Bertz CT molecular complexity index is 1070. The van der Waals surface area contributed by atoms with Crippen molar-refractivity contribution in [3.8, 4) is 11.3 Å². The fraction of sp³-hybridized carbons (Fsp3) is 0.227. The second-order valence-electron chi connectivity index (χ2n) is 6.94. The predicted molar refractivity (Wildman–Crippen MR) is 112 cm³/mol. The molecule has 0 bridgehead atoms. The van der Waals surface area contributed by atoms with Gasteiger partial charge in [-0.05, 0) is 44.0 Å². The molecule has 0 aliphatic carbocycles. The van der Waals surface area contributed by atoms with Gasteiger partial charge in [-0.3, -0.25) is 4.79 Å². The summed E-state index contributed by atoms with van der Waals surface area (Å²) >= 11 is 0.866. The molecular weight excluding hydrogens is 411 g/mol. The van der Waals surface area contributed by atoms with Gasteiger partial charge >= 0.3 is 6.18 Å². The van der Waals surface area contributed by atoms with Crippen molar-refractivity contribution in [3.63, 3.8) is 0 Å². The van der Waals surface area contributed by atoms with E-state index in [0.717, 1.165) is 34.5 Å². The van der Waals surface area contributed by atoms with Crippen LogP contribution in [0.15, 0.2) is 53.7 Å². The topological polar surface area (TPSA) is 54.9 Å². The standard InChI is InChI=1S/C22H20F3N3OS/c1-13-5-8-16(9-6-13)18-11-19(22(23,24)25)28-21(27-18)30-12-20(29)26-17-10-14(2)4-7-15(17)3/h4-11H,12H2,1-3H3,(H,26,29). The highest BCUT2D eigenvalue weighted by molar-refractivity contribution is 7.99. The molecular formula is C22H20F3N3OS. The summed E-state index contributed by atoms with van der Waals surface area (Å²) in [5.41, 5.74) is 3.23. The van der Waals surface area contributed by atoms with Gasteiger partial charge in [0.2, 0.25) is 5.91 Å². The largest absolute Gasteiger partial charge is 0.433 e. The number of thioether (sulfide) groups is 1. The molecule has 3 aromatic rings. The summed E-state index contributed by atoms with van der Waals surface area (Å²) in [5.74, 6) is -0.450. The van der Waals surface area contributed by atoms with Gasteiger partial charge in [-0.25, -0.2) is 9.97 Å². The first-order valence-corrected chi connectivity index (χ1v) is 10.1. The highest BCUT2D eigenvalue weighted by atomic mass is 32.2. The zero-order valence-corrected chi connectivity index (χ0v) is 17.5. The van der Waals surface area contributed by atoms with Crippen molar-refractivity contribution in [1.82, 2.24) is 9.97 Å². The van der Waals surface area contributed by atoms with Crippen LogP contribution in [-0.2, 0) is 11.0 Å². The van der Waals surface area contributed by atoms with Gasteiger partial charge in [0.25, 0.3) is 0 Å². The Morgan fingerprint density at radius 3 is 2.30 bits per heavy atom. The van der Waals surface area contributed by atoms with Gasteiger partial charge in [-0.15, -0.1) is 0 Å². The van der Waals surface area contributed by atoms with Crippen LogP contribution >= 0.6 is 11.8 Å². The van der Waals surface area contributed by atoms with E-state index in [1.165, 1.54) is 0 Å². The highest BCUT2D eigenvalue weighted by Gasteiger charge is 2.34. The fourth-order valence-corrected chi connectivity index (χ4v) is 3.35. The lowest BCUT2D eigenvalue weighted by molar-refractivity contribution is -0.141. The van der Waals surface area contributed by atoms with E-state index < -0.39 is 11.9 Å². The number of nitrogens with zero attached hydrogens (tertiary/aromatic N) is 2. The first-order chi connectivity index (χ1) is 14.1. The number of amides is 1. The fourth-order valence-electron chi connectivity index (χ4n) is 2.69. The Kier molecular flexibility index (Phi) is 6.45. The molecule has 4 nitrogen and oxygen atoms in total. The number of anilines is 1. The zero-order valence-electron chi connectivity index (χ0n) is 16.7. The molecule has 1 aromatic heterocycles. The number of aromatic nitrogens is 2. The number of rotatable bonds is 5. The number of hydrogen-bond acceptors (Lipinski definition) is 4. The molecule has 0 saturated heterocycles. The van der Waals surface area contributed by atoms with E-state index in [2.05, 4.69) is 15.3 Å². The molecule has 30 heavy (non-hydrogen) atoms. The van der Waals surface area contributed by atoms with Crippen molar-refractivity contribution in [2.75, 3.05) is 11.1 Å². The summed E-state index contributed by atoms with van der Waals surface area (Å²) < 4.78 is 40.0. The summed E-state index contributed by atoms with van der Waals surface area (Å²) in [6.45, 7) is 5.67. The number of aryl methyl sites for hydroxylation is 3. The maximum absolute atomic E-state index is 13.3. The molecule has 0 unspecified atom stereocenters. The third-order valence-corrected chi connectivity index (χ3v) is 5.19. The number of hydrogen-bond donors (Lipinski definition) is 1. The first-order valence-electron chi connectivity index (χ1n) is 9.15. The number of alkyl halides is 3. The average molecular weight is 431 g/mol. The van der Waals surface area contributed by atoms with Gasteiger partial charge in [0.05, 0.1) is 11.4 Å². The maximum atomic E-state index is 13.3. The smallest absolute Gasteiger partial charge is 0.325 e. The van der Waals surface area contributed by atoms with Gasteiger partial charge in [-0.1, -0.05) is 53.7 Å². The molecule has 1 N–H and O–H groups in total. The Hall–Kier alpha value is -2.87. The molecule has 156 valence electrons. The average Bonchev–Trinajstić information content (AvgIpc) is 2.69. The zero-order chi connectivity index (χ0) is 21.9. The van der Waals surface area contributed by atoms with Gasteiger partial charge < -0.3 is 5.32 Å². The normalized spacial score (nSPS) is 11.4. The molecule has 3 rings (SSSR count). The minimum atomic E-state index is -4.61. The Morgan fingerprint density at radius 1 is 0.967 bits per heavy atom. The number of benzene rings is 2. The van der Waals surface area contributed by atoms with Gasteiger partial charge in [0.15, 0.2) is 5.16 Å². The Balaban J connectivity index is 1.80. The summed E-state index contributed by atoms with van der Waals surface area (Å²) in [6.07, 6.45) is -4.61. The molecule has 1 amide bonds. The van der Waals surface area contributed by atoms with Crippen LogP contribution in [0.3, 0.4) is 0 Å². The minimum Gasteiger partial charge on any atom is -0.325 e. The van der Waals surface area contributed by atoms with E-state index >= 15 is 0 Å². The maximum Gasteiger partial charge on any atom is 0.433 e. The lowest BCUT2D eigenvalue weighted by atomic mass is 10.1. The van der Waals surface area contributed by atoms with E-state index in [4.69, 9.17) is 0 Å². The lowest BCUT2D eigenvalue weighted by Crippen LogP contribution is -2.16. The van der Waals surface area contributed by atoms with Crippen LogP contribution in [0.2, 0.25) is 0 Å². The molecule has 0 aliphatic rings. The highest BCUT2D eigenvalue weighted by Crippen LogP contribution is 2.32. The van der Waals surface area contributed by atoms with E-state index in [-0.39, 0.29) is 22.5 Å². The SMILES string of the molecule is Cc1ccc(-c2cc(C(F)(F)F)nc(SCC(=O)Nc3cc(C)ccc3C)n2)cc1. The number of nitrogens with one attached hydrogen (secondary N) is 1. The molecule has 1 heterocycles. The predicted octanol–water partition coefficient (Wildman–Crippen LogP) is 5.82. The summed E-state index contributed by atoms with van der Waals surface area (Å²) in [5, 5.41) is 2.68. The van der Waals surface area contributed by atoms with Crippen LogP contribution in [0.1, 0.15) is 22.4 Å². The van der Waals surface area contributed by atoms with Crippen molar-refractivity contribution < 1.29 is 18.0 Å². The Labute approximate surface area is 177 Å².